The molecular weight excluding hydrogens is 300 g/mol. The van der Waals surface area contributed by atoms with E-state index in [4.69, 9.17) is 11.6 Å². The minimum atomic E-state index is -0.185. The number of hydrogen-bond acceptors (Lipinski definition) is 3. The summed E-state index contributed by atoms with van der Waals surface area (Å²) in [6.07, 6.45) is 3.06. The van der Waals surface area contributed by atoms with Gasteiger partial charge < -0.3 is 5.32 Å². The maximum absolute atomic E-state index is 12.3. The van der Waals surface area contributed by atoms with Gasteiger partial charge in [0.1, 0.15) is 12.7 Å². The molecule has 0 fully saturated rings. The SMILES string of the molecule is Cc1c(Cl)cccc1NC(=O)c1ccc(-n2cncn2)cc1. The van der Waals surface area contributed by atoms with Crippen LogP contribution in [0.25, 0.3) is 5.69 Å². The number of rotatable bonds is 3. The van der Waals surface area contributed by atoms with Crippen LogP contribution in [0.3, 0.4) is 0 Å². The van der Waals surface area contributed by atoms with Crippen molar-refractivity contribution in [3.63, 3.8) is 0 Å². The molecule has 0 aliphatic heterocycles. The van der Waals surface area contributed by atoms with Gasteiger partial charge in [-0.1, -0.05) is 17.7 Å². The molecule has 1 amide bonds. The minimum absolute atomic E-state index is 0.185. The fraction of sp³-hybridized carbons (Fsp3) is 0.0625. The Balaban J connectivity index is 1.79. The summed E-state index contributed by atoms with van der Waals surface area (Å²) >= 11 is 6.05. The van der Waals surface area contributed by atoms with Crippen molar-refractivity contribution in [1.82, 2.24) is 14.8 Å². The summed E-state index contributed by atoms with van der Waals surface area (Å²) in [5.74, 6) is -0.185. The van der Waals surface area contributed by atoms with Crippen LogP contribution in [-0.4, -0.2) is 20.7 Å². The number of benzene rings is 2. The van der Waals surface area contributed by atoms with Crippen LogP contribution in [0, 0.1) is 6.92 Å². The van der Waals surface area contributed by atoms with E-state index in [0.29, 0.717) is 16.3 Å². The van der Waals surface area contributed by atoms with E-state index in [-0.39, 0.29) is 5.91 Å². The van der Waals surface area contributed by atoms with E-state index in [9.17, 15) is 4.79 Å². The molecule has 0 saturated carbocycles. The van der Waals surface area contributed by atoms with Crippen molar-refractivity contribution in [1.29, 1.82) is 0 Å². The number of hydrogen-bond donors (Lipinski definition) is 1. The van der Waals surface area contributed by atoms with Gasteiger partial charge in [-0.3, -0.25) is 4.79 Å². The van der Waals surface area contributed by atoms with E-state index in [1.165, 1.54) is 6.33 Å². The van der Waals surface area contributed by atoms with Crippen LogP contribution < -0.4 is 5.32 Å². The number of carbonyl (C=O) groups is 1. The first-order chi connectivity index (χ1) is 10.6. The van der Waals surface area contributed by atoms with Crippen LogP contribution in [0.5, 0.6) is 0 Å². The van der Waals surface area contributed by atoms with Gasteiger partial charge in [0.15, 0.2) is 0 Å². The highest BCUT2D eigenvalue weighted by atomic mass is 35.5. The van der Waals surface area contributed by atoms with Gasteiger partial charge in [-0.25, -0.2) is 9.67 Å². The molecule has 110 valence electrons. The van der Waals surface area contributed by atoms with Gasteiger partial charge in [-0.15, -0.1) is 0 Å². The molecule has 0 saturated heterocycles. The third-order valence-electron chi connectivity index (χ3n) is 3.33. The summed E-state index contributed by atoms with van der Waals surface area (Å²) < 4.78 is 1.63. The Bertz CT molecular complexity index is 798. The maximum atomic E-state index is 12.3. The second-order valence-corrected chi connectivity index (χ2v) is 5.16. The van der Waals surface area contributed by atoms with Crippen molar-refractivity contribution in [2.45, 2.75) is 6.92 Å². The van der Waals surface area contributed by atoms with Crippen LogP contribution in [0.1, 0.15) is 15.9 Å². The molecule has 0 unspecified atom stereocenters. The molecule has 0 spiro atoms. The molecular formula is C16H13ClN4O. The van der Waals surface area contributed by atoms with Crippen LogP contribution in [-0.2, 0) is 0 Å². The molecule has 1 heterocycles. The average molecular weight is 313 g/mol. The van der Waals surface area contributed by atoms with Gasteiger partial charge in [0.05, 0.1) is 5.69 Å². The first-order valence-corrected chi connectivity index (χ1v) is 7.04. The zero-order valence-corrected chi connectivity index (χ0v) is 12.6. The molecule has 5 nitrogen and oxygen atoms in total. The Kier molecular flexibility index (Phi) is 3.89. The number of aromatic nitrogens is 3. The van der Waals surface area contributed by atoms with Gasteiger partial charge in [-0.2, -0.15) is 5.10 Å². The molecule has 2 aromatic carbocycles. The third kappa shape index (κ3) is 2.84. The first-order valence-electron chi connectivity index (χ1n) is 6.66. The quantitative estimate of drug-likeness (QED) is 0.805. The third-order valence-corrected chi connectivity index (χ3v) is 3.74. The highest BCUT2D eigenvalue weighted by Gasteiger charge is 2.09. The molecule has 22 heavy (non-hydrogen) atoms. The largest absolute Gasteiger partial charge is 0.322 e. The van der Waals surface area contributed by atoms with Crippen molar-refractivity contribution in [2.75, 3.05) is 5.32 Å². The monoisotopic (exact) mass is 312 g/mol. The highest BCUT2D eigenvalue weighted by Crippen LogP contribution is 2.23. The van der Waals surface area contributed by atoms with Crippen molar-refractivity contribution in [3.05, 3.63) is 71.3 Å². The lowest BCUT2D eigenvalue weighted by atomic mass is 10.1. The maximum Gasteiger partial charge on any atom is 0.255 e. The molecule has 0 aliphatic rings. The van der Waals surface area contributed by atoms with Crippen molar-refractivity contribution in [2.24, 2.45) is 0 Å². The first kappa shape index (κ1) is 14.3. The van der Waals surface area contributed by atoms with Crippen LogP contribution in [0.15, 0.2) is 55.1 Å². The fourth-order valence-electron chi connectivity index (χ4n) is 2.04. The summed E-state index contributed by atoms with van der Waals surface area (Å²) in [7, 11) is 0. The number of halogens is 1. The predicted octanol–water partition coefficient (Wildman–Crippen LogP) is 3.48. The number of anilines is 1. The van der Waals surface area contributed by atoms with Crippen LogP contribution in [0.4, 0.5) is 5.69 Å². The Morgan fingerprint density at radius 1 is 1.18 bits per heavy atom. The second kappa shape index (κ2) is 5.99. The second-order valence-electron chi connectivity index (χ2n) is 4.75. The lowest BCUT2D eigenvalue weighted by molar-refractivity contribution is 0.102. The standard InChI is InChI=1S/C16H13ClN4O/c1-11-14(17)3-2-4-15(11)20-16(22)12-5-7-13(8-6-12)21-10-18-9-19-21/h2-10H,1H3,(H,20,22). The number of nitrogens with zero attached hydrogens (tertiary/aromatic N) is 3. The zero-order valence-electron chi connectivity index (χ0n) is 11.8. The molecule has 0 atom stereocenters. The lowest BCUT2D eigenvalue weighted by Crippen LogP contribution is -2.13. The van der Waals surface area contributed by atoms with Crippen molar-refractivity contribution < 1.29 is 4.79 Å². The topological polar surface area (TPSA) is 59.8 Å². The molecule has 1 aromatic heterocycles. The molecule has 0 aliphatic carbocycles. The molecule has 6 heteroatoms. The van der Waals surface area contributed by atoms with E-state index >= 15 is 0 Å². The van der Waals surface area contributed by atoms with Gasteiger partial charge >= 0.3 is 0 Å². The van der Waals surface area contributed by atoms with E-state index in [1.807, 2.05) is 25.1 Å². The Morgan fingerprint density at radius 2 is 1.95 bits per heavy atom. The number of amides is 1. The summed E-state index contributed by atoms with van der Waals surface area (Å²) in [6, 6.07) is 12.5. The Hall–Kier alpha value is -2.66. The summed E-state index contributed by atoms with van der Waals surface area (Å²) in [6.45, 7) is 1.87. The Morgan fingerprint density at radius 3 is 2.64 bits per heavy atom. The average Bonchev–Trinajstić information content (AvgIpc) is 3.06. The zero-order chi connectivity index (χ0) is 15.5. The van der Waals surface area contributed by atoms with Gasteiger partial charge in [0.2, 0.25) is 0 Å². The van der Waals surface area contributed by atoms with Crippen LogP contribution in [0.2, 0.25) is 5.02 Å². The number of nitrogens with one attached hydrogen (secondary N) is 1. The molecule has 0 bridgehead atoms. The Labute approximate surface area is 132 Å². The van der Waals surface area contributed by atoms with Gasteiger partial charge in [-0.05, 0) is 48.9 Å². The number of carbonyl (C=O) groups excluding carboxylic acids is 1. The normalized spacial score (nSPS) is 10.5. The van der Waals surface area contributed by atoms with E-state index < -0.39 is 0 Å². The highest BCUT2D eigenvalue weighted by molar-refractivity contribution is 6.31. The van der Waals surface area contributed by atoms with Crippen molar-refractivity contribution >= 4 is 23.2 Å². The summed E-state index contributed by atoms with van der Waals surface area (Å²) in [5, 5.41) is 7.53. The molecule has 3 aromatic rings. The van der Waals surface area contributed by atoms with E-state index in [2.05, 4.69) is 15.4 Å². The van der Waals surface area contributed by atoms with Crippen LogP contribution >= 0.6 is 11.6 Å². The molecule has 1 N–H and O–H groups in total. The van der Waals surface area contributed by atoms with Gasteiger partial charge in [0.25, 0.3) is 5.91 Å². The predicted molar refractivity (Wildman–Crippen MR) is 85.5 cm³/mol. The van der Waals surface area contributed by atoms with E-state index in [1.54, 1.807) is 35.3 Å². The lowest BCUT2D eigenvalue weighted by Gasteiger charge is -2.10. The van der Waals surface area contributed by atoms with Gasteiger partial charge in [0, 0.05) is 16.3 Å². The fourth-order valence-corrected chi connectivity index (χ4v) is 2.22. The molecule has 3 rings (SSSR count). The summed E-state index contributed by atoms with van der Waals surface area (Å²) in [5.41, 5.74) is 2.95. The smallest absolute Gasteiger partial charge is 0.255 e. The molecule has 0 radical (unpaired) electrons. The minimum Gasteiger partial charge on any atom is -0.322 e. The van der Waals surface area contributed by atoms with E-state index in [0.717, 1.165) is 11.3 Å². The van der Waals surface area contributed by atoms with Crippen molar-refractivity contribution in [3.8, 4) is 5.69 Å². The summed E-state index contributed by atoms with van der Waals surface area (Å²) in [4.78, 5) is 16.2.